The van der Waals surface area contributed by atoms with Crippen molar-refractivity contribution in [3.05, 3.63) is 28.2 Å². The molecule has 1 aromatic rings. The summed E-state index contributed by atoms with van der Waals surface area (Å²) < 4.78 is 6.00. The number of halogens is 1. The molecule has 0 aliphatic carbocycles. The number of rotatable bonds is 6. The van der Waals surface area contributed by atoms with Crippen molar-refractivity contribution in [3.8, 4) is 18.1 Å². The Hall–Kier alpha value is -1.12. The molecule has 0 unspecified atom stereocenters. The van der Waals surface area contributed by atoms with E-state index in [2.05, 4.69) is 27.2 Å². The molecule has 0 saturated carbocycles. The van der Waals surface area contributed by atoms with Crippen LogP contribution in [0.3, 0.4) is 0 Å². The number of ether oxygens (including phenoxy) is 1. The van der Waals surface area contributed by atoms with E-state index in [-0.39, 0.29) is 5.91 Å². The molecule has 0 saturated heterocycles. The lowest BCUT2D eigenvalue weighted by molar-refractivity contribution is 0.0953. The summed E-state index contributed by atoms with van der Waals surface area (Å²) in [6.07, 6.45) is 5.14. The zero-order valence-corrected chi connectivity index (χ0v) is 12.4. The molecule has 18 heavy (non-hydrogen) atoms. The molecule has 0 bridgehead atoms. The van der Waals surface area contributed by atoms with Crippen molar-refractivity contribution in [1.82, 2.24) is 5.32 Å². The van der Waals surface area contributed by atoms with Gasteiger partial charge in [-0.05, 0) is 18.2 Å². The van der Waals surface area contributed by atoms with Crippen LogP contribution in [-0.2, 0) is 0 Å². The highest BCUT2D eigenvalue weighted by molar-refractivity contribution is 9.10. The predicted octanol–water partition coefficient (Wildman–Crippen LogP) is 2.55. The van der Waals surface area contributed by atoms with Crippen LogP contribution >= 0.6 is 27.7 Å². The van der Waals surface area contributed by atoms with Crippen LogP contribution in [-0.4, -0.2) is 31.1 Å². The molecule has 3 nitrogen and oxygen atoms in total. The van der Waals surface area contributed by atoms with Crippen molar-refractivity contribution in [2.75, 3.05) is 25.2 Å². The van der Waals surface area contributed by atoms with Gasteiger partial charge >= 0.3 is 0 Å². The number of benzene rings is 1. The molecule has 0 spiro atoms. The number of hydrogen-bond acceptors (Lipinski definition) is 3. The van der Waals surface area contributed by atoms with Gasteiger partial charge in [0.15, 0.2) is 0 Å². The third-order valence-corrected chi connectivity index (χ3v) is 3.48. The first-order valence-electron chi connectivity index (χ1n) is 5.32. The van der Waals surface area contributed by atoms with Crippen molar-refractivity contribution in [2.45, 2.75) is 0 Å². The fraction of sp³-hybridized carbons (Fsp3) is 0.308. The molecule has 0 radical (unpaired) electrons. The molecular formula is C13H14BrNO2S. The van der Waals surface area contributed by atoms with Gasteiger partial charge in [0.05, 0.1) is 18.4 Å². The molecule has 96 valence electrons. The predicted molar refractivity (Wildman–Crippen MR) is 79.2 cm³/mol. The lowest BCUT2D eigenvalue weighted by Crippen LogP contribution is -2.26. The maximum atomic E-state index is 11.9. The van der Waals surface area contributed by atoms with E-state index >= 15 is 0 Å². The van der Waals surface area contributed by atoms with Crippen LogP contribution < -0.4 is 10.1 Å². The molecule has 0 aliphatic heterocycles. The van der Waals surface area contributed by atoms with Gasteiger partial charge < -0.3 is 10.1 Å². The van der Waals surface area contributed by atoms with E-state index in [0.29, 0.717) is 23.6 Å². The summed E-state index contributed by atoms with van der Waals surface area (Å²) in [4.78, 5) is 11.9. The molecule has 0 aromatic heterocycles. The molecular weight excluding hydrogens is 314 g/mol. The van der Waals surface area contributed by atoms with Crippen LogP contribution in [0.1, 0.15) is 10.4 Å². The number of hydrogen-bond donors (Lipinski definition) is 1. The summed E-state index contributed by atoms with van der Waals surface area (Å²) >= 11 is 4.95. The monoisotopic (exact) mass is 327 g/mol. The van der Waals surface area contributed by atoms with Crippen molar-refractivity contribution >= 4 is 33.6 Å². The summed E-state index contributed by atoms with van der Waals surface area (Å²) in [5, 5.41) is 2.83. The van der Waals surface area contributed by atoms with Gasteiger partial charge in [0.2, 0.25) is 0 Å². The molecule has 0 atom stereocenters. The molecule has 1 N–H and O–H groups in total. The van der Waals surface area contributed by atoms with Gasteiger partial charge in [0.25, 0.3) is 5.91 Å². The topological polar surface area (TPSA) is 38.3 Å². The van der Waals surface area contributed by atoms with Crippen molar-refractivity contribution < 1.29 is 9.53 Å². The Morgan fingerprint density at radius 3 is 3.06 bits per heavy atom. The van der Waals surface area contributed by atoms with Crippen LogP contribution in [0.4, 0.5) is 0 Å². The molecule has 5 heteroatoms. The average Bonchev–Trinajstić information content (AvgIpc) is 2.38. The van der Waals surface area contributed by atoms with E-state index in [4.69, 9.17) is 11.2 Å². The highest BCUT2D eigenvalue weighted by atomic mass is 79.9. The minimum absolute atomic E-state index is 0.144. The molecule has 1 aromatic carbocycles. The van der Waals surface area contributed by atoms with Gasteiger partial charge in [0.1, 0.15) is 5.75 Å². The van der Waals surface area contributed by atoms with E-state index < -0.39 is 0 Å². The van der Waals surface area contributed by atoms with E-state index in [0.717, 1.165) is 10.2 Å². The minimum Gasteiger partial charge on any atom is -0.496 e. The zero-order valence-electron chi connectivity index (χ0n) is 10.0. The lowest BCUT2D eigenvalue weighted by Gasteiger charge is -2.09. The van der Waals surface area contributed by atoms with Gasteiger partial charge in [-0.1, -0.05) is 21.9 Å². The Balaban J connectivity index is 2.56. The van der Waals surface area contributed by atoms with Crippen LogP contribution in [0.5, 0.6) is 5.75 Å². The van der Waals surface area contributed by atoms with E-state index in [1.54, 1.807) is 31.0 Å². The standard InChI is InChI=1S/C13H14BrNO2S/c1-3-7-18-8-6-15-13(16)11-9-10(14)4-5-12(11)17-2/h1,4-5,9H,6-8H2,2H3,(H,15,16). The normalized spacial score (nSPS) is 9.61. The largest absolute Gasteiger partial charge is 0.496 e. The summed E-state index contributed by atoms with van der Waals surface area (Å²) in [7, 11) is 1.54. The van der Waals surface area contributed by atoms with Crippen LogP contribution in [0, 0.1) is 12.3 Å². The summed E-state index contributed by atoms with van der Waals surface area (Å²) in [6, 6.07) is 5.33. The molecule has 1 amide bonds. The third-order valence-electron chi connectivity index (χ3n) is 2.12. The Morgan fingerprint density at radius 1 is 1.61 bits per heavy atom. The first kappa shape index (κ1) is 14.9. The Kier molecular flexibility index (Phi) is 6.69. The van der Waals surface area contributed by atoms with Gasteiger partial charge in [-0.15, -0.1) is 18.2 Å². The highest BCUT2D eigenvalue weighted by Crippen LogP contribution is 2.22. The second-order valence-corrected chi connectivity index (χ2v) is 5.38. The highest BCUT2D eigenvalue weighted by Gasteiger charge is 2.11. The molecule has 0 fully saturated rings. The number of carbonyl (C=O) groups is 1. The Bertz CT molecular complexity index is 457. The van der Waals surface area contributed by atoms with Crippen LogP contribution in [0.15, 0.2) is 22.7 Å². The van der Waals surface area contributed by atoms with E-state index in [1.807, 2.05) is 6.07 Å². The van der Waals surface area contributed by atoms with Crippen LogP contribution in [0.2, 0.25) is 0 Å². The second kappa shape index (κ2) is 8.06. The zero-order chi connectivity index (χ0) is 13.4. The smallest absolute Gasteiger partial charge is 0.255 e. The maximum Gasteiger partial charge on any atom is 0.255 e. The number of amides is 1. The number of terminal acetylenes is 1. The maximum absolute atomic E-state index is 11.9. The number of nitrogens with one attached hydrogen (secondary N) is 1. The minimum atomic E-state index is -0.144. The number of methoxy groups -OCH3 is 1. The van der Waals surface area contributed by atoms with Crippen molar-refractivity contribution in [3.63, 3.8) is 0 Å². The van der Waals surface area contributed by atoms with Crippen molar-refractivity contribution in [2.24, 2.45) is 0 Å². The summed E-state index contributed by atoms with van der Waals surface area (Å²) in [6.45, 7) is 0.584. The summed E-state index contributed by atoms with van der Waals surface area (Å²) in [5.41, 5.74) is 0.522. The quantitative estimate of drug-likeness (QED) is 0.644. The molecule has 0 aliphatic rings. The molecule has 0 heterocycles. The average molecular weight is 328 g/mol. The van der Waals surface area contributed by atoms with Crippen LogP contribution in [0.25, 0.3) is 0 Å². The van der Waals surface area contributed by atoms with Crippen molar-refractivity contribution in [1.29, 1.82) is 0 Å². The fourth-order valence-electron chi connectivity index (χ4n) is 1.32. The van der Waals surface area contributed by atoms with Gasteiger partial charge in [-0.2, -0.15) is 0 Å². The van der Waals surface area contributed by atoms with E-state index in [1.165, 1.54) is 0 Å². The summed E-state index contributed by atoms with van der Waals surface area (Å²) in [5.74, 6) is 4.42. The van der Waals surface area contributed by atoms with Gasteiger partial charge in [0, 0.05) is 16.8 Å². The van der Waals surface area contributed by atoms with E-state index in [9.17, 15) is 4.79 Å². The Labute approximate surface area is 120 Å². The fourth-order valence-corrected chi connectivity index (χ4v) is 2.19. The lowest BCUT2D eigenvalue weighted by atomic mass is 10.2. The van der Waals surface area contributed by atoms with Gasteiger partial charge in [-0.25, -0.2) is 0 Å². The SMILES string of the molecule is C#CCSCCNC(=O)c1cc(Br)ccc1OC. The number of carbonyl (C=O) groups excluding carboxylic acids is 1. The Morgan fingerprint density at radius 2 is 2.39 bits per heavy atom. The number of thioether (sulfide) groups is 1. The second-order valence-electron chi connectivity index (χ2n) is 3.36. The third kappa shape index (κ3) is 4.63. The molecule has 1 rings (SSSR count). The first-order valence-corrected chi connectivity index (χ1v) is 7.26. The first-order chi connectivity index (χ1) is 8.69. The van der Waals surface area contributed by atoms with Gasteiger partial charge in [-0.3, -0.25) is 4.79 Å².